The molecule has 0 fully saturated rings. The Labute approximate surface area is 67.5 Å². The van der Waals surface area contributed by atoms with E-state index in [1.165, 1.54) is 5.56 Å². The summed E-state index contributed by atoms with van der Waals surface area (Å²) in [5.41, 5.74) is 7.86. The molecule has 1 heteroatoms. The van der Waals surface area contributed by atoms with Crippen LogP contribution in [0.4, 0.5) is 0 Å². The molecule has 0 atom stereocenters. The largest absolute Gasteiger partial charge is 0.330 e. The zero-order valence-corrected chi connectivity index (χ0v) is 6.59. The molecule has 0 amide bonds. The summed E-state index contributed by atoms with van der Waals surface area (Å²) in [4.78, 5) is 0. The van der Waals surface area contributed by atoms with Crippen LogP contribution in [-0.4, -0.2) is 6.54 Å². The van der Waals surface area contributed by atoms with Gasteiger partial charge in [-0.25, -0.2) is 0 Å². The predicted molar refractivity (Wildman–Crippen MR) is 49.3 cm³/mol. The Morgan fingerprint density at radius 1 is 1.27 bits per heavy atom. The van der Waals surface area contributed by atoms with Gasteiger partial charge in [0.2, 0.25) is 0 Å². The molecule has 0 unspecified atom stereocenters. The van der Waals surface area contributed by atoms with Gasteiger partial charge in [-0.2, -0.15) is 0 Å². The summed E-state index contributed by atoms with van der Waals surface area (Å²) in [6.07, 6.45) is 2.80. The summed E-state index contributed by atoms with van der Waals surface area (Å²) in [6.45, 7) is 4.40. The average molecular weight is 147 g/mol. The first kappa shape index (κ1) is 8.02. The third kappa shape index (κ3) is 2.20. The second-order valence-electron chi connectivity index (χ2n) is 2.48. The van der Waals surface area contributed by atoms with E-state index in [1.807, 2.05) is 6.08 Å². The molecule has 0 bridgehead atoms. The van der Waals surface area contributed by atoms with Crippen LogP contribution in [0.15, 0.2) is 30.8 Å². The van der Waals surface area contributed by atoms with Gasteiger partial charge in [0, 0.05) is 0 Å². The van der Waals surface area contributed by atoms with Gasteiger partial charge in [0.1, 0.15) is 0 Å². The molecule has 1 aromatic rings. The second kappa shape index (κ2) is 3.94. The van der Waals surface area contributed by atoms with Crippen LogP contribution in [0, 0.1) is 0 Å². The van der Waals surface area contributed by atoms with Gasteiger partial charge in [0.25, 0.3) is 0 Å². The van der Waals surface area contributed by atoms with Gasteiger partial charge in [0.05, 0.1) is 0 Å². The second-order valence-corrected chi connectivity index (χ2v) is 2.48. The monoisotopic (exact) mass is 147 g/mol. The van der Waals surface area contributed by atoms with Crippen LogP contribution in [-0.2, 0) is 6.42 Å². The van der Waals surface area contributed by atoms with Crippen LogP contribution in [0.1, 0.15) is 11.1 Å². The number of hydrogen-bond donors (Lipinski definition) is 1. The average Bonchev–Trinajstić information content (AvgIpc) is 2.07. The molecule has 0 radical (unpaired) electrons. The lowest BCUT2D eigenvalue weighted by Gasteiger charge is -1.97. The van der Waals surface area contributed by atoms with Crippen LogP contribution in [0.25, 0.3) is 6.08 Å². The predicted octanol–water partition coefficient (Wildman–Crippen LogP) is 1.83. The Balaban J connectivity index is 2.74. The first-order valence-corrected chi connectivity index (χ1v) is 3.78. The molecule has 2 N–H and O–H groups in total. The highest BCUT2D eigenvalue weighted by molar-refractivity contribution is 5.47. The molecule has 0 saturated carbocycles. The van der Waals surface area contributed by atoms with E-state index in [9.17, 15) is 0 Å². The Hall–Kier alpha value is -1.08. The van der Waals surface area contributed by atoms with Crippen LogP contribution >= 0.6 is 0 Å². The Morgan fingerprint density at radius 3 is 2.36 bits per heavy atom. The summed E-state index contributed by atoms with van der Waals surface area (Å²) < 4.78 is 0. The highest BCUT2D eigenvalue weighted by Crippen LogP contribution is 2.04. The molecule has 0 aliphatic heterocycles. The standard InChI is InChI=1S/C10H13N/c1-2-9-3-5-10(6-4-9)7-8-11/h2-6H,1,7-8,11H2. The van der Waals surface area contributed by atoms with Crippen LogP contribution < -0.4 is 5.73 Å². The summed E-state index contributed by atoms with van der Waals surface area (Å²) in [7, 11) is 0. The first-order valence-electron chi connectivity index (χ1n) is 3.78. The molecule has 1 aromatic carbocycles. The normalized spacial score (nSPS) is 9.55. The fraction of sp³-hybridized carbons (Fsp3) is 0.200. The number of hydrogen-bond acceptors (Lipinski definition) is 1. The van der Waals surface area contributed by atoms with Crippen molar-refractivity contribution in [2.24, 2.45) is 5.73 Å². The van der Waals surface area contributed by atoms with Crippen molar-refractivity contribution in [1.29, 1.82) is 0 Å². The highest BCUT2D eigenvalue weighted by atomic mass is 14.5. The van der Waals surface area contributed by atoms with E-state index in [2.05, 4.69) is 30.8 Å². The van der Waals surface area contributed by atoms with Crippen molar-refractivity contribution < 1.29 is 0 Å². The molecule has 58 valence electrons. The molecular weight excluding hydrogens is 134 g/mol. The Kier molecular flexibility index (Phi) is 2.87. The van der Waals surface area contributed by atoms with Gasteiger partial charge in [-0.15, -0.1) is 0 Å². The number of nitrogens with two attached hydrogens (primary N) is 1. The van der Waals surface area contributed by atoms with Gasteiger partial charge >= 0.3 is 0 Å². The minimum absolute atomic E-state index is 0.716. The fourth-order valence-corrected chi connectivity index (χ4v) is 0.987. The lowest BCUT2D eigenvalue weighted by molar-refractivity contribution is 0.969. The van der Waals surface area contributed by atoms with Crippen molar-refractivity contribution in [3.05, 3.63) is 42.0 Å². The van der Waals surface area contributed by atoms with Gasteiger partial charge in [-0.3, -0.25) is 0 Å². The van der Waals surface area contributed by atoms with E-state index in [0.29, 0.717) is 6.54 Å². The van der Waals surface area contributed by atoms with E-state index in [1.54, 1.807) is 0 Å². The van der Waals surface area contributed by atoms with Gasteiger partial charge < -0.3 is 5.73 Å². The first-order chi connectivity index (χ1) is 5.36. The van der Waals surface area contributed by atoms with Crippen LogP contribution in [0.3, 0.4) is 0 Å². The van der Waals surface area contributed by atoms with Crippen LogP contribution in [0.2, 0.25) is 0 Å². The summed E-state index contributed by atoms with van der Waals surface area (Å²) in [6, 6.07) is 8.28. The van der Waals surface area contributed by atoms with Crippen LogP contribution in [0.5, 0.6) is 0 Å². The molecule has 1 nitrogen and oxygen atoms in total. The number of benzene rings is 1. The topological polar surface area (TPSA) is 26.0 Å². The van der Waals surface area contributed by atoms with E-state index in [-0.39, 0.29) is 0 Å². The molecule has 11 heavy (non-hydrogen) atoms. The van der Waals surface area contributed by atoms with Crippen molar-refractivity contribution in [1.82, 2.24) is 0 Å². The summed E-state index contributed by atoms with van der Waals surface area (Å²) >= 11 is 0. The number of rotatable bonds is 3. The molecule has 0 aliphatic rings. The van der Waals surface area contributed by atoms with Gasteiger partial charge in [-0.1, -0.05) is 36.9 Å². The maximum absolute atomic E-state index is 5.41. The minimum atomic E-state index is 0.716. The molecule has 0 saturated heterocycles. The van der Waals surface area contributed by atoms with Crippen molar-refractivity contribution >= 4 is 6.08 Å². The maximum atomic E-state index is 5.41. The van der Waals surface area contributed by atoms with Gasteiger partial charge in [-0.05, 0) is 24.1 Å². The van der Waals surface area contributed by atoms with E-state index in [4.69, 9.17) is 5.73 Å². The third-order valence-electron chi connectivity index (χ3n) is 1.65. The van der Waals surface area contributed by atoms with E-state index in [0.717, 1.165) is 12.0 Å². The lowest BCUT2D eigenvalue weighted by atomic mass is 10.1. The molecule has 1 rings (SSSR count). The molecule has 0 heterocycles. The fourth-order valence-electron chi connectivity index (χ4n) is 0.987. The highest BCUT2D eigenvalue weighted by Gasteiger charge is 1.89. The smallest absolute Gasteiger partial charge is 0.00367 e. The zero-order valence-electron chi connectivity index (χ0n) is 6.59. The zero-order chi connectivity index (χ0) is 8.10. The Morgan fingerprint density at radius 2 is 1.91 bits per heavy atom. The maximum Gasteiger partial charge on any atom is -0.00367 e. The molecule has 0 spiro atoms. The van der Waals surface area contributed by atoms with E-state index >= 15 is 0 Å². The van der Waals surface area contributed by atoms with Gasteiger partial charge in [0.15, 0.2) is 0 Å². The van der Waals surface area contributed by atoms with Crippen molar-refractivity contribution in [3.63, 3.8) is 0 Å². The third-order valence-corrected chi connectivity index (χ3v) is 1.65. The van der Waals surface area contributed by atoms with Crippen molar-refractivity contribution in [2.75, 3.05) is 6.54 Å². The quantitative estimate of drug-likeness (QED) is 0.693. The summed E-state index contributed by atoms with van der Waals surface area (Å²) in [5, 5.41) is 0. The molecule has 0 aromatic heterocycles. The SMILES string of the molecule is C=Cc1ccc(CCN)cc1. The molecule has 0 aliphatic carbocycles. The molecular formula is C10H13N. The van der Waals surface area contributed by atoms with Crippen molar-refractivity contribution in [2.45, 2.75) is 6.42 Å². The minimum Gasteiger partial charge on any atom is -0.330 e. The summed E-state index contributed by atoms with van der Waals surface area (Å²) in [5.74, 6) is 0. The lowest BCUT2D eigenvalue weighted by Crippen LogP contribution is -2.02. The van der Waals surface area contributed by atoms with Crippen molar-refractivity contribution in [3.8, 4) is 0 Å². The van der Waals surface area contributed by atoms with E-state index < -0.39 is 0 Å². The Bertz CT molecular complexity index is 223.